The van der Waals surface area contributed by atoms with Crippen LogP contribution in [0.2, 0.25) is 5.02 Å². The van der Waals surface area contributed by atoms with Crippen LogP contribution in [0.15, 0.2) is 107 Å². The molecule has 0 saturated carbocycles. The van der Waals surface area contributed by atoms with Crippen LogP contribution < -0.4 is 25.0 Å². The number of nitrogens with one attached hydrogen (secondary N) is 2. The summed E-state index contributed by atoms with van der Waals surface area (Å²) in [5.74, 6) is -1.38. The van der Waals surface area contributed by atoms with Gasteiger partial charge in [-0.1, -0.05) is 70.0 Å². The Morgan fingerprint density at radius 3 is 2.37 bits per heavy atom. The third-order valence-corrected chi connectivity index (χ3v) is 7.05. The van der Waals surface area contributed by atoms with Crippen LogP contribution >= 0.6 is 27.5 Å². The van der Waals surface area contributed by atoms with Crippen LogP contribution in [0.5, 0.6) is 11.5 Å². The van der Waals surface area contributed by atoms with E-state index in [9.17, 15) is 19.2 Å². The minimum absolute atomic E-state index is 0.231. The largest absolute Gasteiger partial charge is 0.489 e. The van der Waals surface area contributed by atoms with Gasteiger partial charge in [-0.3, -0.25) is 19.7 Å². The molecule has 1 aliphatic heterocycles. The van der Waals surface area contributed by atoms with Crippen molar-refractivity contribution < 1.29 is 28.7 Å². The highest BCUT2D eigenvalue weighted by Crippen LogP contribution is 2.29. The summed E-state index contributed by atoms with van der Waals surface area (Å²) < 4.78 is 12.1. The summed E-state index contributed by atoms with van der Waals surface area (Å²) >= 11 is 9.48. The van der Waals surface area contributed by atoms with E-state index in [4.69, 9.17) is 21.1 Å². The Hall–Kier alpha value is -4.93. The van der Waals surface area contributed by atoms with E-state index in [1.165, 1.54) is 6.08 Å². The second-order valence-electron chi connectivity index (χ2n) is 9.22. The van der Waals surface area contributed by atoms with Crippen LogP contribution in [0.4, 0.5) is 16.2 Å². The molecule has 0 aliphatic carbocycles. The molecule has 0 atom stereocenters. The summed E-state index contributed by atoms with van der Waals surface area (Å²) in [5.41, 5.74) is 1.70. The third kappa shape index (κ3) is 7.29. The molecule has 0 aromatic heterocycles. The summed E-state index contributed by atoms with van der Waals surface area (Å²) in [6, 6.07) is 26.8. The third-order valence-electron chi connectivity index (χ3n) is 6.22. The van der Waals surface area contributed by atoms with Gasteiger partial charge in [-0.25, -0.2) is 9.69 Å². The molecule has 4 aromatic rings. The number of hydrogen-bond donors (Lipinski definition) is 2. The second-order valence-corrected chi connectivity index (χ2v) is 10.5. The van der Waals surface area contributed by atoms with Crippen LogP contribution in [-0.2, 0) is 21.0 Å². The van der Waals surface area contributed by atoms with Crippen molar-refractivity contribution in [3.63, 3.8) is 0 Å². The Bertz CT molecular complexity index is 1730. The molecule has 4 aromatic carbocycles. The normalized spacial score (nSPS) is 14.0. The standard InChI is InChI=1S/C32H23BrClN3O6/c33-22-10-15-28(43-19-29(38)35-27-9-5-4-8-26(27)34)21(16-22)17-25-30(39)36-32(41)37(31(25)40)23-11-13-24(14-12-23)42-18-20-6-2-1-3-7-20/h1-17H,18-19H2,(H,35,38)(H,36,39,41)/b25-17-. The number of nitrogens with zero attached hydrogens (tertiary/aromatic N) is 1. The first kappa shape index (κ1) is 29.6. The Morgan fingerprint density at radius 2 is 1.63 bits per heavy atom. The van der Waals surface area contributed by atoms with Gasteiger partial charge in [0.25, 0.3) is 17.7 Å². The molecule has 1 heterocycles. The van der Waals surface area contributed by atoms with E-state index in [0.717, 1.165) is 10.5 Å². The van der Waals surface area contributed by atoms with Crippen molar-refractivity contribution in [3.05, 3.63) is 123 Å². The quantitative estimate of drug-likeness (QED) is 0.159. The summed E-state index contributed by atoms with van der Waals surface area (Å²) in [7, 11) is 0. The summed E-state index contributed by atoms with van der Waals surface area (Å²) in [4.78, 5) is 52.3. The van der Waals surface area contributed by atoms with Gasteiger partial charge in [0.2, 0.25) is 0 Å². The number of anilines is 2. The lowest BCUT2D eigenvalue weighted by Crippen LogP contribution is -2.54. The molecule has 0 bridgehead atoms. The molecule has 5 rings (SSSR count). The fourth-order valence-electron chi connectivity index (χ4n) is 4.14. The van der Waals surface area contributed by atoms with Crippen molar-refractivity contribution in [1.29, 1.82) is 0 Å². The van der Waals surface area contributed by atoms with Gasteiger partial charge >= 0.3 is 6.03 Å². The van der Waals surface area contributed by atoms with Gasteiger partial charge in [0, 0.05) is 10.0 Å². The lowest BCUT2D eigenvalue weighted by atomic mass is 10.1. The zero-order valence-corrected chi connectivity index (χ0v) is 24.7. The zero-order chi connectivity index (χ0) is 30.3. The van der Waals surface area contributed by atoms with E-state index in [0.29, 0.717) is 33.1 Å². The number of barbiturate groups is 1. The van der Waals surface area contributed by atoms with Gasteiger partial charge in [0.05, 0.1) is 16.4 Å². The number of ether oxygens (including phenoxy) is 2. The van der Waals surface area contributed by atoms with Crippen molar-refractivity contribution in [2.24, 2.45) is 0 Å². The smallest absolute Gasteiger partial charge is 0.335 e. The van der Waals surface area contributed by atoms with Crippen LogP contribution in [0, 0.1) is 0 Å². The highest BCUT2D eigenvalue weighted by atomic mass is 79.9. The van der Waals surface area contributed by atoms with Crippen LogP contribution in [-0.4, -0.2) is 30.4 Å². The Balaban J connectivity index is 1.32. The lowest BCUT2D eigenvalue weighted by molar-refractivity contribution is -0.122. The maximum absolute atomic E-state index is 13.5. The molecule has 1 fully saturated rings. The molecule has 2 N–H and O–H groups in total. The number of amides is 5. The van der Waals surface area contributed by atoms with Crippen molar-refractivity contribution in [2.45, 2.75) is 6.61 Å². The van der Waals surface area contributed by atoms with E-state index in [1.807, 2.05) is 30.3 Å². The molecule has 9 nitrogen and oxygen atoms in total. The zero-order valence-electron chi connectivity index (χ0n) is 22.4. The molecular weight excluding hydrogens is 638 g/mol. The lowest BCUT2D eigenvalue weighted by Gasteiger charge is -2.26. The number of imide groups is 2. The fourth-order valence-corrected chi connectivity index (χ4v) is 4.70. The van der Waals surface area contributed by atoms with E-state index in [2.05, 4.69) is 26.6 Å². The number of hydrogen-bond acceptors (Lipinski definition) is 6. The first-order valence-electron chi connectivity index (χ1n) is 12.9. The monoisotopic (exact) mass is 659 g/mol. The maximum Gasteiger partial charge on any atom is 0.335 e. The van der Waals surface area contributed by atoms with Gasteiger partial charge in [-0.15, -0.1) is 0 Å². The van der Waals surface area contributed by atoms with Crippen molar-refractivity contribution in [1.82, 2.24) is 5.32 Å². The van der Waals surface area contributed by atoms with Crippen molar-refractivity contribution in [2.75, 3.05) is 16.8 Å². The first-order chi connectivity index (χ1) is 20.8. The second kappa shape index (κ2) is 13.4. The molecule has 216 valence electrons. The Labute approximate surface area is 260 Å². The minimum atomic E-state index is -0.882. The SMILES string of the molecule is O=C(COc1ccc(Br)cc1/C=C1/C(=O)NC(=O)N(c2ccc(OCc3ccccc3)cc2)C1=O)Nc1ccccc1Cl. The van der Waals surface area contributed by atoms with E-state index >= 15 is 0 Å². The molecule has 0 radical (unpaired) electrons. The van der Waals surface area contributed by atoms with Crippen LogP contribution in [0.1, 0.15) is 11.1 Å². The molecule has 43 heavy (non-hydrogen) atoms. The van der Waals surface area contributed by atoms with Gasteiger partial charge in [-0.2, -0.15) is 0 Å². The molecule has 1 aliphatic rings. The summed E-state index contributed by atoms with van der Waals surface area (Å²) in [6.45, 7) is -0.0180. The van der Waals surface area contributed by atoms with Gasteiger partial charge in [-0.05, 0) is 66.2 Å². The topological polar surface area (TPSA) is 114 Å². The molecule has 0 spiro atoms. The Morgan fingerprint density at radius 1 is 0.907 bits per heavy atom. The van der Waals surface area contributed by atoms with Crippen LogP contribution in [0.3, 0.4) is 0 Å². The van der Waals surface area contributed by atoms with E-state index in [1.54, 1.807) is 66.7 Å². The number of benzene rings is 4. The number of rotatable bonds is 9. The maximum atomic E-state index is 13.5. The molecular formula is C32H23BrClN3O6. The number of halogens is 2. The van der Waals surface area contributed by atoms with Gasteiger partial charge in [0.1, 0.15) is 23.7 Å². The van der Waals surface area contributed by atoms with E-state index < -0.39 is 23.8 Å². The number of para-hydroxylation sites is 1. The molecule has 1 saturated heterocycles. The van der Waals surface area contributed by atoms with E-state index in [-0.39, 0.29) is 23.6 Å². The average molecular weight is 661 g/mol. The Kier molecular flexibility index (Phi) is 9.19. The highest BCUT2D eigenvalue weighted by Gasteiger charge is 2.37. The predicted octanol–water partition coefficient (Wildman–Crippen LogP) is 6.37. The predicted molar refractivity (Wildman–Crippen MR) is 166 cm³/mol. The summed E-state index contributed by atoms with van der Waals surface area (Å²) in [5, 5.41) is 5.24. The van der Waals surface area contributed by atoms with Gasteiger partial charge in [0.15, 0.2) is 6.61 Å². The fraction of sp³-hybridized carbons (Fsp3) is 0.0625. The summed E-state index contributed by atoms with van der Waals surface area (Å²) in [6.07, 6.45) is 1.31. The molecule has 5 amide bonds. The highest BCUT2D eigenvalue weighted by molar-refractivity contribution is 9.10. The number of carbonyl (C=O) groups excluding carboxylic acids is 4. The molecule has 11 heteroatoms. The van der Waals surface area contributed by atoms with Crippen LogP contribution in [0.25, 0.3) is 6.08 Å². The average Bonchev–Trinajstić information content (AvgIpc) is 3.00. The van der Waals surface area contributed by atoms with Crippen molar-refractivity contribution in [3.8, 4) is 11.5 Å². The van der Waals surface area contributed by atoms with Crippen molar-refractivity contribution >= 4 is 68.7 Å². The van der Waals surface area contributed by atoms with Gasteiger partial charge < -0.3 is 14.8 Å². The number of urea groups is 1. The minimum Gasteiger partial charge on any atom is -0.489 e. The molecule has 0 unspecified atom stereocenters. The number of carbonyl (C=O) groups is 4. The first-order valence-corrected chi connectivity index (χ1v) is 14.1.